The average molecular weight is 298 g/mol. The predicted molar refractivity (Wildman–Crippen MR) is 84.7 cm³/mol. The fourth-order valence-electron chi connectivity index (χ4n) is 1.77. The van der Waals surface area contributed by atoms with Crippen LogP contribution in [0.5, 0.6) is 11.6 Å². The number of methoxy groups -OCH3 is 2. The number of hydrogen-bond donors (Lipinski definition) is 1. The minimum Gasteiger partial charge on any atom is -0.497 e. The van der Waals surface area contributed by atoms with Gasteiger partial charge in [0.2, 0.25) is 11.8 Å². The molecule has 22 heavy (non-hydrogen) atoms. The number of nitrogens with zero attached hydrogens (tertiary/aromatic N) is 1. The van der Waals surface area contributed by atoms with Crippen LogP contribution in [0.25, 0.3) is 6.08 Å². The molecule has 1 aromatic heterocycles. The van der Waals surface area contributed by atoms with Gasteiger partial charge in [-0.25, -0.2) is 4.98 Å². The molecule has 5 nitrogen and oxygen atoms in total. The second-order valence-corrected chi connectivity index (χ2v) is 4.53. The van der Waals surface area contributed by atoms with Gasteiger partial charge in [0.15, 0.2) is 0 Å². The summed E-state index contributed by atoms with van der Waals surface area (Å²) in [5, 5.41) is 2.80. The summed E-state index contributed by atoms with van der Waals surface area (Å²) in [6.07, 6.45) is 4.92. The number of hydrogen-bond acceptors (Lipinski definition) is 4. The van der Waals surface area contributed by atoms with E-state index >= 15 is 0 Å². The van der Waals surface area contributed by atoms with Crippen LogP contribution in [-0.2, 0) is 11.3 Å². The van der Waals surface area contributed by atoms with Crippen LogP contribution in [0.1, 0.15) is 11.1 Å². The van der Waals surface area contributed by atoms with Gasteiger partial charge in [-0.15, -0.1) is 0 Å². The maximum atomic E-state index is 11.8. The Morgan fingerprint density at radius 2 is 1.91 bits per heavy atom. The number of aromatic nitrogens is 1. The van der Waals surface area contributed by atoms with Gasteiger partial charge in [-0.1, -0.05) is 18.2 Å². The van der Waals surface area contributed by atoms with Crippen LogP contribution < -0.4 is 14.8 Å². The molecule has 5 heteroatoms. The third kappa shape index (κ3) is 4.63. The summed E-state index contributed by atoms with van der Waals surface area (Å²) in [5.74, 6) is 1.18. The number of carbonyl (C=O) groups excluding carboxylic acids is 1. The Balaban J connectivity index is 1.84. The fraction of sp³-hybridized carbons (Fsp3) is 0.176. The molecule has 1 N–H and O–H groups in total. The lowest BCUT2D eigenvalue weighted by Crippen LogP contribution is -2.20. The van der Waals surface area contributed by atoms with Gasteiger partial charge in [-0.3, -0.25) is 4.79 Å². The smallest absolute Gasteiger partial charge is 0.244 e. The summed E-state index contributed by atoms with van der Waals surface area (Å²) in [4.78, 5) is 15.8. The van der Waals surface area contributed by atoms with E-state index in [0.717, 1.165) is 16.9 Å². The first-order chi connectivity index (χ1) is 10.7. The number of benzene rings is 1. The Kier molecular flexibility index (Phi) is 5.54. The first kappa shape index (κ1) is 15.6. The molecular weight excluding hydrogens is 280 g/mol. The Bertz CT molecular complexity index is 634. The summed E-state index contributed by atoms with van der Waals surface area (Å²) in [6.45, 7) is 0.419. The number of ether oxygens (including phenoxy) is 2. The largest absolute Gasteiger partial charge is 0.497 e. The van der Waals surface area contributed by atoms with Crippen molar-refractivity contribution in [2.24, 2.45) is 0 Å². The minimum absolute atomic E-state index is 0.161. The Labute approximate surface area is 129 Å². The van der Waals surface area contributed by atoms with Crippen molar-refractivity contribution < 1.29 is 14.3 Å². The molecule has 0 radical (unpaired) electrons. The number of rotatable bonds is 6. The molecule has 0 bridgehead atoms. The van der Waals surface area contributed by atoms with Crippen molar-refractivity contribution in [3.63, 3.8) is 0 Å². The van der Waals surface area contributed by atoms with Gasteiger partial charge >= 0.3 is 0 Å². The first-order valence-electron chi connectivity index (χ1n) is 6.80. The van der Waals surface area contributed by atoms with Crippen molar-refractivity contribution in [1.82, 2.24) is 10.3 Å². The molecular formula is C17H18N2O3. The molecule has 0 aliphatic heterocycles. The van der Waals surface area contributed by atoms with Crippen LogP contribution in [0.15, 0.2) is 48.7 Å². The predicted octanol–water partition coefficient (Wildman–Crippen LogP) is 2.43. The molecule has 0 fully saturated rings. The van der Waals surface area contributed by atoms with Crippen molar-refractivity contribution in [2.45, 2.75) is 6.54 Å². The second-order valence-electron chi connectivity index (χ2n) is 4.53. The lowest BCUT2D eigenvalue weighted by molar-refractivity contribution is -0.116. The molecule has 0 spiro atoms. The fourth-order valence-corrected chi connectivity index (χ4v) is 1.77. The zero-order chi connectivity index (χ0) is 15.8. The van der Waals surface area contributed by atoms with E-state index in [2.05, 4.69) is 10.3 Å². The van der Waals surface area contributed by atoms with Gasteiger partial charge in [0.1, 0.15) is 5.75 Å². The van der Waals surface area contributed by atoms with Crippen LogP contribution in [0.2, 0.25) is 0 Å². The van der Waals surface area contributed by atoms with E-state index in [1.807, 2.05) is 30.3 Å². The maximum Gasteiger partial charge on any atom is 0.244 e. The SMILES string of the molecule is COc1ccc(/C=C/C(=O)NCc2ccc(OC)nc2)cc1. The molecule has 0 aliphatic rings. The highest BCUT2D eigenvalue weighted by molar-refractivity contribution is 5.91. The van der Waals surface area contributed by atoms with Crippen molar-refractivity contribution >= 4 is 12.0 Å². The Hall–Kier alpha value is -2.82. The van der Waals surface area contributed by atoms with Crippen molar-refractivity contribution in [1.29, 1.82) is 0 Å². The van der Waals surface area contributed by atoms with Crippen LogP contribution in [-0.4, -0.2) is 25.1 Å². The van der Waals surface area contributed by atoms with Crippen molar-refractivity contribution in [3.05, 3.63) is 59.8 Å². The molecule has 0 unspecified atom stereocenters. The van der Waals surface area contributed by atoms with E-state index in [1.54, 1.807) is 32.6 Å². The highest BCUT2D eigenvalue weighted by Crippen LogP contribution is 2.12. The van der Waals surface area contributed by atoms with Gasteiger partial charge in [-0.2, -0.15) is 0 Å². The molecule has 1 amide bonds. The molecule has 2 aromatic rings. The van der Waals surface area contributed by atoms with E-state index in [-0.39, 0.29) is 5.91 Å². The van der Waals surface area contributed by atoms with Crippen LogP contribution in [0.3, 0.4) is 0 Å². The van der Waals surface area contributed by atoms with Gasteiger partial charge < -0.3 is 14.8 Å². The summed E-state index contributed by atoms with van der Waals surface area (Å²) >= 11 is 0. The topological polar surface area (TPSA) is 60.5 Å². The van der Waals surface area contributed by atoms with Crippen LogP contribution in [0.4, 0.5) is 0 Å². The maximum absolute atomic E-state index is 11.8. The standard InChI is InChI=1S/C17H18N2O3/c1-21-15-7-3-13(4-8-15)5-9-16(20)18-11-14-6-10-17(22-2)19-12-14/h3-10,12H,11H2,1-2H3,(H,18,20)/b9-5+. The quantitative estimate of drug-likeness (QED) is 0.832. The Morgan fingerprint density at radius 1 is 1.14 bits per heavy atom. The molecule has 0 saturated heterocycles. The number of carbonyl (C=O) groups is 1. The van der Waals surface area contributed by atoms with Crippen molar-refractivity contribution in [3.8, 4) is 11.6 Å². The lowest BCUT2D eigenvalue weighted by atomic mass is 10.2. The van der Waals surface area contributed by atoms with Gasteiger partial charge in [0, 0.05) is 24.9 Å². The Morgan fingerprint density at radius 3 is 2.50 bits per heavy atom. The van der Waals surface area contributed by atoms with Crippen molar-refractivity contribution in [2.75, 3.05) is 14.2 Å². The number of amides is 1. The first-order valence-corrected chi connectivity index (χ1v) is 6.80. The van der Waals surface area contributed by atoms with Gasteiger partial charge in [0.05, 0.1) is 14.2 Å². The molecule has 1 aromatic carbocycles. The van der Waals surface area contributed by atoms with E-state index in [0.29, 0.717) is 12.4 Å². The summed E-state index contributed by atoms with van der Waals surface area (Å²) in [7, 11) is 3.18. The van der Waals surface area contributed by atoms with Gasteiger partial charge in [-0.05, 0) is 29.3 Å². The number of nitrogens with one attached hydrogen (secondary N) is 1. The monoisotopic (exact) mass is 298 g/mol. The highest BCUT2D eigenvalue weighted by Gasteiger charge is 1.99. The molecule has 0 aliphatic carbocycles. The molecule has 0 saturated carbocycles. The van der Waals surface area contributed by atoms with E-state index in [4.69, 9.17) is 9.47 Å². The zero-order valence-electron chi connectivity index (χ0n) is 12.6. The summed E-state index contributed by atoms with van der Waals surface area (Å²) in [5.41, 5.74) is 1.84. The zero-order valence-corrected chi connectivity index (χ0v) is 12.6. The highest BCUT2D eigenvalue weighted by atomic mass is 16.5. The van der Waals surface area contributed by atoms with E-state index in [1.165, 1.54) is 6.08 Å². The average Bonchev–Trinajstić information content (AvgIpc) is 2.59. The number of pyridine rings is 1. The molecule has 1 heterocycles. The lowest BCUT2D eigenvalue weighted by Gasteiger charge is -2.03. The summed E-state index contributed by atoms with van der Waals surface area (Å²) in [6, 6.07) is 11.1. The van der Waals surface area contributed by atoms with E-state index in [9.17, 15) is 4.79 Å². The van der Waals surface area contributed by atoms with Gasteiger partial charge in [0.25, 0.3) is 0 Å². The molecule has 2 rings (SSSR count). The molecule has 0 atom stereocenters. The normalized spacial score (nSPS) is 10.5. The summed E-state index contributed by atoms with van der Waals surface area (Å²) < 4.78 is 10.1. The van der Waals surface area contributed by atoms with Crippen LogP contribution in [0, 0.1) is 0 Å². The second kappa shape index (κ2) is 7.83. The third-order valence-electron chi connectivity index (χ3n) is 3.02. The van der Waals surface area contributed by atoms with Crippen LogP contribution >= 0.6 is 0 Å². The van der Waals surface area contributed by atoms with E-state index < -0.39 is 0 Å². The molecule has 114 valence electrons. The third-order valence-corrected chi connectivity index (χ3v) is 3.02. The minimum atomic E-state index is -0.161.